The molecule has 27 heavy (non-hydrogen) atoms. The summed E-state index contributed by atoms with van der Waals surface area (Å²) in [6.45, 7) is 2.29. The van der Waals surface area contributed by atoms with E-state index in [4.69, 9.17) is 0 Å². The van der Waals surface area contributed by atoms with Gasteiger partial charge < -0.3 is 0 Å². The minimum Gasteiger partial charge on any atom is -0.0652 e. The van der Waals surface area contributed by atoms with Crippen LogP contribution in [0.4, 0.5) is 0 Å². The van der Waals surface area contributed by atoms with Crippen LogP contribution in [0, 0.1) is 0 Å². The van der Waals surface area contributed by atoms with Gasteiger partial charge in [0.2, 0.25) is 0 Å². The van der Waals surface area contributed by atoms with E-state index >= 15 is 0 Å². The molecule has 0 saturated carbocycles. The number of hydrogen-bond donors (Lipinski definition) is 0. The first-order valence-corrected chi connectivity index (χ1v) is 11.1. The molecule has 0 aromatic heterocycles. The molecule has 3 aromatic carbocycles. The van der Waals surface area contributed by atoms with Gasteiger partial charge in [0.05, 0.1) is 0 Å². The molecule has 0 N–H and O–H groups in total. The van der Waals surface area contributed by atoms with Crippen LogP contribution in [0.1, 0.15) is 53.9 Å². The fraction of sp³-hybridized carbons (Fsp3) is 0.200. The van der Waals surface area contributed by atoms with Crippen molar-refractivity contribution < 1.29 is 0 Å². The summed E-state index contributed by atoms with van der Waals surface area (Å²) in [6, 6.07) is 22.4. The van der Waals surface area contributed by atoms with Gasteiger partial charge in [0.15, 0.2) is 0 Å². The quantitative estimate of drug-likeness (QED) is 0.354. The van der Waals surface area contributed by atoms with Crippen LogP contribution in [0.15, 0.2) is 75.2 Å². The van der Waals surface area contributed by atoms with Gasteiger partial charge in [-0.3, -0.25) is 0 Å². The summed E-state index contributed by atoms with van der Waals surface area (Å²) in [5.74, 6) is 1.01. The first-order valence-electron chi connectivity index (χ1n) is 9.48. The molecule has 0 saturated heterocycles. The summed E-state index contributed by atoms with van der Waals surface area (Å²) in [5, 5.41) is 0. The van der Waals surface area contributed by atoms with E-state index in [2.05, 4.69) is 106 Å². The normalized spacial score (nSPS) is 17.4. The first-order chi connectivity index (χ1) is 13.1. The Kier molecular flexibility index (Phi) is 4.37. The van der Waals surface area contributed by atoms with Gasteiger partial charge in [-0.2, -0.15) is 0 Å². The zero-order valence-corrected chi connectivity index (χ0v) is 18.3. The Morgan fingerprint density at radius 1 is 0.704 bits per heavy atom. The van der Waals surface area contributed by atoms with Gasteiger partial charge in [0, 0.05) is 20.8 Å². The van der Waals surface area contributed by atoms with E-state index in [9.17, 15) is 0 Å². The lowest BCUT2D eigenvalue weighted by atomic mass is 9.85. The Labute approximate surface area is 177 Å². The molecule has 0 fully saturated rings. The van der Waals surface area contributed by atoms with Crippen molar-refractivity contribution in [1.82, 2.24) is 0 Å². The number of hydrogen-bond acceptors (Lipinski definition) is 0. The lowest BCUT2D eigenvalue weighted by molar-refractivity contribution is 0.618. The first kappa shape index (κ1) is 17.5. The van der Waals surface area contributed by atoms with Crippen molar-refractivity contribution in [2.45, 2.75) is 31.6 Å². The SMILES string of the molecule is CC1=Cc2ccccc2C1CCC1c2cc(Br)ccc2-c2ccc(Br)cc21. The number of benzene rings is 3. The average Bonchev–Trinajstić information content (AvgIpc) is 3.13. The Balaban J connectivity index is 1.50. The van der Waals surface area contributed by atoms with Crippen LogP contribution in [0.2, 0.25) is 0 Å². The maximum Gasteiger partial charge on any atom is 0.0178 e. The molecule has 1 unspecified atom stereocenters. The van der Waals surface area contributed by atoms with E-state index in [1.54, 1.807) is 0 Å². The molecular formula is C25H20Br2. The van der Waals surface area contributed by atoms with Gasteiger partial charge in [0.1, 0.15) is 0 Å². The second-order valence-electron chi connectivity index (χ2n) is 7.66. The van der Waals surface area contributed by atoms with Crippen LogP contribution in [0.5, 0.6) is 0 Å². The monoisotopic (exact) mass is 478 g/mol. The summed E-state index contributed by atoms with van der Waals surface area (Å²) in [4.78, 5) is 0. The summed E-state index contributed by atoms with van der Waals surface area (Å²) in [7, 11) is 0. The smallest absolute Gasteiger partial charge is 0.0178 e. The number of halogens is 2. The third-order valence-corrected chi connectivity index (χ3v) is 7.10. The predicted molar refractivity (Wildman–Crippen MR) is 121 cm³/mol. The number of rotatable bonds is 3. The molecule has 2 heteroatoms. The highest BCUT2D eigenvalue weighted by Crippen LogP contribution is 2.50. The number of fused-ring (bicyclic) bond motifs is 4. The summed E-state index contributed by atoms with van der Waals surface area (Å²) >= 11 is 7.36. The van der Waals surface area contributed by atoms with Crippen molar-refractivity contribution in [3.63, 3.8) is 0 Å². The Hall–Kier alpha value is -1.64. The molecule has 134 valence electrons. The van der Waals surface area contributed by atoms with E-state index in [0.29, 0.717) is 11.8 Å². The minimum atomic E-state index is 0.463. The van der Waals surface area contributed by atoms with Crippen LogP contribution in [0.3, 0.4) is 0 Å². The van der Waals surface area contributed by atoms with Gasteiger partial charge >= 0.3 is 0 Å². The highest BCUT2D eigenvalue weighted by Gasteiger charge is 2.31. The van der Waals surface area contributed by atoms with Gasteiger partial charge in [-0.1, -0.05) is 79.9 Å². The Morgan fingerprint density at radius 3 is 1.96 bits per heavy atom. The van der Waals surface area contributed by atoms with Gasteiger partial charge in [-0.05, 0) is 77.4 Å². The van der Waals surface area contributed by atoms with E-state index in [1.165, 1.54) is 54.3 Å². The molecule has 0 radical (unpaired) electrons. The molecule has 5 rings (SSSR count). The zero-order valence-electron chi connectivity index (χ0n) is 15.2. The van der Waals surface area contributed by atoms with Crippen molar-refractivity contribution in [2.24, 2.45) is 0 Å². The summed E-state index contributed by atoms with van der Waals surface area (Å²) < 4.78 is 2.33. The van der Waals surface area contributed by atoms with Gasteiger partial charge in [0.25, 0.3) is 0 Å². The van der Waals surface area contributed by atoms with Crippen LogP contribution in [0.25, 0.3) is 17.2 Å². The van der Waals surface area contributed by atoms with Crippen molar-refractivity contribution in [1.29, 1.82) is 0 Å². The third kappa shape index (κ3) is 2.94. The average molecular weight is 480 g/mol. The van der Waals surface area contributed by atoms with Gasteiger partial charge in [-0.15, -0.1) is 0 Å². The number of allylic oxidation sites excluding steroid dienone is 1. The van der Waals surface area contributed by atoms with Crippen LogP contribution in [-0.2, 0) is 0 Å². The fourth-order valence-corrected chi connectivity index (χ4v) is 5.64. The molecule has 0 bridgehead atoms. The van der Waals surface area contributed by atoms with Gasteiger partial charge in [-0.25, -0.2) is 0 Å². The standard InChI is InChI=1S/C25H20Br2/c1-15-12-16-4-2-3-5-20(16)19(15)10-11-23-24-13-17(26)6-8-21(24)22-9-7-18(27)14-25(22)23/h2-9,12-14,19,23H,10-11H2,1H3. The third-order valence-electron chi connectivity index (χ3n) is 6.12. The van der Waals surface area contributed by atoms with E-state index in [-0.39, 0.29) is 0 Å². The lowest BCUT2D eigenvalue weighted by Gasteiger charge is -2.19. The Morgan fingerprint density at radius 2 is 1.30 bits per heavy atom. The maximum absolute atomic E-state index is 3.68. The van der Waals surface area contributed by atoms with Crippen molar-refractivity contribution in [2.75, 3.05) is 0 Å². The van der Waals surface area contributed by atoms with Crippen molar-refractivity contribution in [3.8, 4) is 11.1 Å². The molecule has 0 heterocycles. The molecule has 0 spiro atoms. The minimum absolute atomic E-state index is 0.463. The summed E-state index contributed by atoms with van der Waals surface area (Å²) in [5.41, 5.74) is 10.1. The van der Waals surface area contributed by atoms with Crippen LogP contribution in [-0.4, -0.2) is 0 Å². The molecular weight excluding hydrogens is 460 g/mol. The van der Waals surface area contributed by atoms with E-state index < -0.39 is 0 Å². The molecule has 1 atom stereocenters. The van der Waals surface area contributed by atoms with Crippen LogP contribution >= 0.6 is 31.9 Å². The molecule has 0 aliphatic heterocycles. The molecule has 0 amide bonds. The van der Waals surface area contributed by atoms with E-state index in [1.807, 2.05) is 0 Å². The molecule has 2 aliphatic carbocycles. The van der Waals surface area contributed by atoms with Crippen molar-refractivity contribution >= 4 is 37.9 Å². The predicted octanol–water partition coefficient (Wildman–Crippen LogP) is 8.30. The molecule has 3 aromatic rings. The molecule has 2 aliphatic rings. The maximum atomic E-state index is 3.68. The van der Waals surface area contributed by atoms with E-state index in [0.717, 1.165) is 6.42 Å². The fourth-order valence-electron chi connectivity index (χ4n) is 4.88. The highest BCUT2D eigenvalue weighted by molar-refractivity contribution is 9.10. The highest BCUT2D eigenvalue weighted by atomic mass is 79.9. The lowest BCUT2D eigenvalue weighted by Crippen LogP contribution is -2.03. The molecule has 0 nitrogen and oxygen atoms in total. The second-order valence-corrected chi connectivity index (χ2v) is 9.49. The second kappa shape index (κ2) is 6.76. The van der Waals surface area contributed by atoms with Crippen LogP contribution < -0.4 is 0 Å². The zero-order chi connectivity index (χ0) is 18.5. The topological polar surface area (TPSA) is 0 Å². The van der Waals surface area contributed by atoms with Crippen molar-refractivity contribution in [3.05, 3.63) is 97.4 Å². The Bertz CT molecular complexity index is 1030. The summed E-state index contributed by atoms with van der Waals surface area (Å²) in [6.07, 6.45) is 4.71. The largest absolute Gasteiger partial charge is 0.0652 e.